The zero-order chi connectivity index (χ0) is 18.4. The lowest BCUT2D eigenvalue weighted by Crippen LogP contribution is -2.43. The summed E-state index contributed by atoms with van der Waals surface area (Å²) in [6.45, 7) is 8.03. The number of rotatable bonds is 6. The maximum Gasteiger partial charge on any atom is 0.193 e. The molecule has 0 bridgehead atoms. The van der Waals surface area contributed by atoms with Crippen LogP contribution in [0.5, 0.6) is 5.75 Å². The van der Waals surface area contributed by atoms with Crippen molar-refractivity contribution in [2.24, 2.45) is 4.99 Å². The SMILES string of the molecule is CN=C(NCCC(C)c1ccc(OC)cc1)N1CCC(N2CCCC2)C1. The van der Waals surface area contributed by atoms with E-state index in [2.05, 4.69) is 39.2 Å². The Balaban J connectivity index is 1.43. The van der Waals surface area contributed by atoms with Gasteiger partial charge in [0.2, 0.25) is 0 Å². The van der Waals surface area contributed by atoms with Crippen molar-refractivity contribution >= 4 is 5.96 Å². The lowest BCUT2D eigenvalue weighted by atomic mass is 9.98. The van der Waals surface area contributed by atoms with Crippen molar-refractivity contribution in [2.45, 2.75) is 44.6 Å². The molecule has 26 heavy (non-hydrogen) atoms. The third kappa shape index (κ3) is 4.70. The van der Waals surface area contributed by atoms with Crippen LogP contribution in [0, 0.1) is 0 Å². The Morgan fingerprint density at radius 3 is 2.62 bits per heavy atom. The number of nitrogens with zero attached hydrogens (tertiary/aromatic N) is 3. The Hall–Kier alpha value is -1.75. The first-order valence-corrected chi connectivity index (χ1v) is 10.0. The number of ether oxygens (including phenoxy) is 1. The minimum Gasteiger partial charge on any atom is -0.497 e. The average molecular weight is 359 g/mol. The second-order valence-electron chi connectivity index (χ2n) is 7.57. The van der Waals surface area contributed by atoms with Gasteiger partial charge in [0.25, 0.3) is 0 Å². The molecule has 1 N–H and O–H groups in total. The van der Waals surface area contributed by atoms with Crippen molar-refractivity contribution < 1.29 is 4.74 Å². The third-order valence-corrected chi connectivity index (χ3v) is 5.88. The molecule has 2 unspecified atom stereocenters. The Labute approximate surface area is 158 Å². The van der Waals surface area contributed by atoms with Gasteiger partial charge in [0.05, 0.1) is 7.11 Å². The molecule has 0 aromatic heterocycles. The summed E-state index contributed by atoms with van der Waals surface area (Å²) < 4.78 is 5.24. The van der Waals surface area contributed by atoms with E-state index >= 15 is 0 Å². The van der Waals surface area contributed by atoms with E-state index in [1.165, 1.54) is 37.9 Å². The highest BCUT2D eigenvalue weighted by molar-refractivity contribution is 5.80. The maximum absolute atomic E-state index is 5.24. The minimum atomic E-state index is 0.516. The van der Waals surface area contributed by atoms with Gasteiger partial charge in [0.1, 0.15) is 5.75 Å². The molecule has 2 aliphatic rings. The molecule has 2 heterocycles. The largest absolute Gasteiger partial charge is 0.497 e. The molecule has 144 valence electrons. The topological polar surface area (TPSA) is 40.1 Å². The van der Waals surface area contributed by atoms with Gasteiger partial charge in [0.15, 0.2) is 5.96 Å². The van der Waals surface area contributed by atoms with Crippen LogP contribution < -0.4 is 10.1 Å². The molecule has 2 aliphatic heterocycles. The van der Waals surface area contributed by atoms with E-state index in [-0.39, 0.29) is 0 Å². The van der Waals surface area contributed by atoms with Crippen molar-refractivity contribution in [3.05, 3.63) is 29.8 Å². The van der Waals surface area contributed by atoms with Crippen molar-refractivity contribution in [3.63, 3.8) is 0 Å². The normalized spacial score (nSPS) is 22.7. The molecule has 5 heteroatoms. The first-order valence-electron chi connectivity index (χ1n) is 10.0. The van der Waals surface area contributed by atoms with Gasteiger partial charge >= 0.3 is 0 Å². The van der Waals surface area contributed by atoms with Crippen molar-refractivity contribution in [1.82, 2.24) is 15.1 Å². The van der Waals surface area contributed by atoms with Crippen LogP contribution in [-0.4, -0.2) is 68.7 Å². The number of aliphatic imine (C=N–C) groups is 1. The summed E-state index contributed by atoms with van der Waals surface area (Å²) in [4.78, 5) is 9.62. The summed E-state index contributed by atoms with van der Waals surface area (Å²) in [6, 6.07) is 9.13. The van der Waals surface area contributed by atoms with Crippen LogP contribution in [-0.2, 0) is 0 Å². The maximum atomic E-state index is 5.24. The first-order chi connectivity index (χ1) is 12.7. The van der Waals surface area contributed by atoms with E-state index in [1.54, 1.807) is 7.11 Å². The van der Waals surface area contributed by atoms with Gasteiger partial charge in [-0.3, -0.25) is 9.89 Å². The predicted molar refractivity (Wildman–Crippen MR) is 108 cm³/mol. The molecule has 5 nitrogen and oxygen atoms in total. The van der Waals surface area contributed by atoms with Crippen molar-refractivity contribution in [3.8, 4) is 5.75 Å². The highest BCUT2D eigenvalue weighted by atomic mass is 16.5. The number of hydrogen-bond acceptors (Lipinski definition) is 3. The molecule has 2 fully saturated rings. The second-order valence-corrected chi connectivity index (χ2v) is 7.57. The average Bonchev–Trinajstić information content (AvgIpc) is 3.36. The van der Waals surface area contributed by atoms with E-state index in [1.807, 2.05) is 19.2 Å². The molecule has 1 aromatic rings. The number of hydrogen-bond donors (Lipinski definition) is 1. The summed E-state index contributed by atoms with van der Waals surface area (Å²) in [7, 11) is 3.61. The Morgan fingerprint density at radius 1 is 1.23 bits per heavy atom. The highest BCUT2D eigenvalue weighted by Gasteiger charge is 2.30. The molecule has 2 atom stereocenters. The standard InChI is InChI=1S/C21H34N4O/c1-17(18-6-8-20(26-3)9-7-18)10-12-23-21(22-2)25-15-11-19(16-25)24-13-4-5-14-24/h6-9,17,19H,4-5,10-16H2,1-3H3,(H,22,23). The molecular formula is C21H34N4O. The van der Waals surface area contributed by atoms with E-state index in [0.29, 0.717) is 12.0 Å². The third-order valence-electron chi connectivity index (χ3n) is 5.88. The number of nitrogens with one attached hydrogen (secondary N) is 1. The van der Waals surface area contributed by atoms with Gasteiger partial charge < -0.3 is 15.0 Å². The molecule has 0 spiro atoms. The quantitative estimate of drug-likeness (QED) is 0.627. The van der Waals surface area contributed by atoms with Crippen LogP contribution in [0.2, 0.25) is 0 Å². The number of benzene rings is 1. The monoisotopic (exact) mass is 358 g/mol. The summed E-state index contributed by atoms with van der Waals surface area (Å²) in [6.07, 6.45) is 5.09. The Morgan fingerprint density at radius 2 is 1.96 bits per heavy atom. The summed E-state index contributed by atoms with van der Waals surface area (Å²) in [5, 5.41) is 3.58. The smallest absolute Gasteiger partial charge is 0.193 e. The zero-order valence-corrected chi connectivity index (χ0v) is 16.6. The van der Waals surface area contributed by atoms with Gasteiger partial charge in [-0.2, -0.15) is 0 Å². The Kier molecular flexibility index (Phi) is 6.78. The van der Waals surface area contributed by atoms with Gasteiger partial charge in [0, 0.05) is 32.7 Å². The van der Waals surface area contributed by atoms with Crippen LogP contribution in [0.15, 0.2) is 29.3 Å². The molecule has 0 amide bonds. The molecular weight excluding hydrogens is 324 g/mol. The second kappa shape index (κ2) is 9.26. The van der Waals surface area contributed by atoms with Crippen LogP contribution >= 0.6 is 0 Å². The van der Waals surface area contributed by atoms with Crippen LogP contribution in [0.1, 0.15) is 44.1 Å². The number of methoxy groups -OCH3 is 1. The van der Waals surface area contributed by atoms with Crippen LogP contribution in [0.3, 0.4) is 0 Å². The van der Waals surface area contributed by atoms with Crippen LogP contribution in [0.4, 0.5) is 0 Å². The molecule has 0 saturated carbocycles. The van der Waals surface area contributed by atoms with E-state index in [9.17, 15) is 0 Å². The van der Waals surface area contributed by atoms with E-state index in [4.69, 9.17) is 4.74 Å². The number of likely N-dealkylation sites (tertiary alicyclic amines) is 2. The lowest BCUT2D eigenvalue weighted by Gasteiger charge is -2.25. The molecule has 0 radical (unpaired) electrons. The van der Waals surface area contributed by atoms with E-state index in [0.717, 1.165) is 37.8 Å². The molecule has 1 aromatic carbocycles. The van der Waals surface area contributed by atoms with Crippen molar-refractivity contribution in [2.75, 3.05) is 46.9 Å². The fourth-order valence-corrected chi connectivity index (χ4v) is 4.17. The lowest BCUT2D eigenvalue weighted by molar-refractivity contribution is 0.249. The fourth-order valence-electron chi connectivity index (χ4n) is 4.17. The Bertz CT molecular complexity index is 580. The summed E-state index contributed by atoms with van der Waals surface area (Å²) >= 11 is 0. The number of guanidine groups is 1. The van der Waals surface area contributed by atoms with E-state index < -0.39 is 0 Å². The predicted octanol–water partition coefficient (Wildman–Crippen LogP) is 2.93. The van der Waals surface area contributed by atoms with Crippen LogP contribution in [0.25, 0.3) is 0 Å². The van der Waals surface area contributed by atoms with Gasteiger partial charge in [-0.15, -0.1) is 0 Å². The summed E-state index contributed by atoms with van der Waals surface area (Å²) in [5.41, 5.74) is 1.36. The molecule has 3 rings (SSSR count). The van der Waals surface area contributed by atoms with Crippen molar-refractivity contribution in [1.29, 1.82) is 0 Å². The fraction of sp³-hybridized carbons (Fsp3) is 0.667. The molecule has 2 saturated heterocycles. The zero-order valence-electron chi connectivity index (χ0n) is 16.6. The van der Waals surface area contributed by atoms with Gasteiger partial charge in [-0.1, -0.05) is 19.1 Å². The van der Waals surface area contributed by atoms with Gasteiger partial charge in [-0.25, -0.2) is 0 Å². The summed E-state index contributed by atoms with van der Waals surface area (Å²) in [5.74, 6) is 2.50. The minimum absolute atomic E-state index is 0.516. The first kappa shape index (κ1) is 19.0. The molecule has 0 aliphatic carbocycles. The van der Waals surface area contributed by atoms with Gasteiger partial charge in [-0.05, 0) is 62.4 Å². The highest BCUT2D eigenvalue weighted by Crippen LogP contribution is 2.22.